The molecular formula is C39H49N3O+2. The van der Waals surface area contributed by atoms with Gasteiger partial charge in [0.15, 0.2) is 37.9 Å². The number of hydrogen-bond donors (Lipinski definition) is 0. The normalized spacial score (nSPS) is 11.7. The van der Waals surface area contributed by atoms with Crippen LogP contribution in [0.3, 0.4) is 0 Å². The molecule has 224 valence electrons. The number of nitrogens with zero attached hydrogens (tertiary/aromatic N) is 3. The van der Waals surface area contributed by atoms with Crippen molar-refractivity contribution >= 4 is 30.0 Å². The molecule has 4 rings (SSSR count). The van der Waals surface area contributed by atoms with Crippen molar-refractivity contribution in [2.45, 2.75) is 59.5 Å². The van der Waals surface area contributed by atoms with E-state index in [2.05, 4.69) is 164 Å². The molecule has 0 atom stereocenters. The lowest BCUT2D eigenvalue weighted by molar-refractivity contribution is -0.705. The lowest BCUT2D eigenvalue weighted by Gasteiger charge is -2.20. The Morgan fingerprint density at radius 3 is 1.35 bits per heavy atom. The summed E-state index contributed by atoms with van der Waals surface area (Å²) >= 11 is 0. The van der Waals surface area contributed by atoms with E-state index < -0.39 is 0 Å². The third-order valence-corrected chi connectivity index (χ3v) is 8.17. The number of ether oxygens (including phenoxy) is 1. The molecule has 0 N–H and O–H groups in total. The summed E-state index contributed by atoms with van der Waals surface area (Å²) in [7, 11) is 0. The van der Waals surface area contributed by atoms with Crippen LogP contribution in [0, 0.1) is 0 Å². The Bertz CT molecular complexity index is 1290. The third kappa shape index (κ3) is 10.0. The number of hydrogen-bond acceptors (Lipinski definition) is 2. The first-order chi connectivity index (χ1) is 21.1. The van der Waals surface area contributed by atoms with Gasteiger partial charge in [0.1, 0.15) is 13.2 Å². The Morgan fingerprint density at radius 2 is 0.953 bits per heavy atom. The maximum Gasteiger partial charge on any atom is 0.171 e. The highest BCUT2D eigenvalue weighted by Gasteiger charge is 2.06. The second kappa shape index (κ2) is 17.2. The number of benzene rings is 2. The molecule has 43 heavy (non-hydrogen) atoms. The third-order valence-electron chi connectivity index (χ3n) is 8.17. The van der Waals surface area contributed by atoms with Crippen molar-refractivity contribution < 1.29 is 13.9 Å². The van der Waals surface area contributed by atoms with Gasteiger partial charge in [-0.2, -0.15) is 0 Å². The maximum absolute atomic E-state index is 5.92. The zero-order valence-corrected chi connectivity index (χ0v) is 26.5. The van der Waals surface area contributed by atoms with Crippen molar-refractivity contribution in [2.75, 3.05) is 31.2 Å². The van der Waals surface area contributed by atoms with Gasteiger partial charge >= 0.3 is 0 Å². The maximum atomic E-state index is 5.92. The summed E-state index contributed by atoms with van der Waals surface area (Å²) in [6.45, 7) is 14.0. The molecule has 4 aromatic rings. The Morgan fingerprint density at radius 1 is 0.558 bits per heavy atom. The minimum atomic E-state index is 0.664. The van der Waals surface area contributed by atoms with Crippen LogP contribution in [0.5, 0.6) is 0 Å². The zero-order chi connectivity index (χ0) is 30.3. The van der Waals surface area contributed by atoms with Crippen LogP contribution in [0.25, 0.3) is 24.3 Å². The van der Waals surface area contributed by atoms with Crippen molar-refractivity contribution in [2.24, 2.45) is 0 Å². The summed E-state index contributed by atoms with van der Waals surface area (Å²) in [5.74, 6) is 0.664. The van der Waals surface area contributed by atoms with Crippen LogP contribution in [-0.4, -0.2) is 26.3 Å². The predicted octanol–water partition coefficient (Wildman–Crippen LogP) is 8.07. The molecule has 0 fully saturated rings. The van der Waals surface area contributed by atoms with Crippen LogP contribution in [0.15, 0.2) is 97.6 Å². The Labute approximate surface area is 259 Å². The van der Waals surface area contributed by atoms with Crippen molar-refractivity contribution in [3.05, 3.63) is 125 Å². The topological polar surface area (TPSA) is 20.2 Å². The number of aromatic nitrogens is 2. The molecule has 0 bridgehead atoms. The van der Waals surface area contributed by atoms with Gasteiger partial charge in [-0.15, -0.1) is 0 Å². The minimum absolute atomic E-state index is 0.664. The van der Waals surface area contributed by atoms with E-state index >= 15 is 0 Å². The highest BCUT2D eigenvalue weighted by atomic mass is 16.5. The van der Waals surface area contributed by atoms with Crippen LogP contribution in [-0.2, 0) is 17.8 Å². The van der Waals surface area contributed by atoms with Crippen LogP contribution >= 0.6 is 0 Å². The quantitative estimate of drug-likeness (QED) is 0.0995. The van der Waals surface area contributed by atoms with Gasteiger partial charge in [0.05, 0.1) is 0 Å². The summed E-state index contributed by atoms with van der Waals surface area (Å²) in [5.41, 5.74) is 7.56. The summed E-state index contributed by atoms with van der Waals surface area (Å²) in [4.78, 5) is 2.36. The molecule has 0 aliphatic rings. The molecule has 0 unspecified atom stereocenters. The fourth-order valence-electron chi connectivity index (χ4n) is 5.31. The van der Waals surface area contributed by atoms with Gasteiger partial charge in [0.2, 0.25) is 0 Å². The summed E-state index contributed by atoms with van der Waals surface area (Å²) in [6, 6.07) is 26.4. The molecule has 0 radical (unpaired) electrons. The number of anilines is 1. The molecule has 2 aromatic carbocycles. The van der Waals surface area contributed by atoms with E-state index in [9.17, 15) is 0 Å². The fourth-order valence-corrected chi connectivity index (χ4v) is 5.31. The van der Waals surface area contributed by atoms with E-state index in [1.54, 1.807) is 0 Å². The highest BCUT2D eigenvalue weighted by Crippen LogP contribution is 2.23. The van der Waals surface area contributed by atoms with Gasteiger partial charge in [-0.3, -0.25) is 0 Å². The monoisotopic (exact) mass is 575 g/mol. The summed E-state index contributed by atoms with van der Waals surface area (Å²) < 4.78 is 10.3. The van der Waals surface area contributed by atoms with Crippen LogP contribution in [0.4, 0.5) is 5.69 Å². The predicted molar refractivity (Wildman–Crippen MR) is 182 cm³/mol. The molecule has 0 aliphatic heterocycles. The van der Waals surface area contributed by atoms with Crippen molar-refractivity contribution in [1.29, 1.82) is 0 Å². The molecule has 4 nitrogen and oxygen atoms in total. The summed E-state index contributed by atoms with van der Waals surface area (Å²) in [5, 5.41) is 0. The first-order valence-electron chi connectivity index (χ1n) is 16.0. The standard InChI is InChI=1S/C39H49N3O/c1-5-37(6-2)38-17-13-33(14-18-38)9-11-35-21-25-40(26-22-35)29-31-43-32-30-41-27-23-36(24-28-41)12-10-34-15-19-39(20-16-34)42(7-3)8-4/h9-28,37H,5-8,29-32H2,1-4H3/q+2/b11-9+. The second-order valence-corrected chi connectivity index (χ2v) is 11.0. The minimum Gasteiger partial charge on any atom is -0.372 e. The number of pyridine rings is 2. The van der Waals surface area contributed by atoms with Crippen LogP contribution < -0.4 is 14.0 Å². The van der Waals surface area contributed by atoms with E-state index in [0.717, 1.165) is 26.2 Å². The SMILES string of the molecule is CCC(CC)c1ccc(/C=C/c2cc[n+](CCOCC[n+]3ccc(/C=C/c4ccc(N(CC)CC)cc4)cc3)cc2)cc1. The molecule has 0 aliphatic carbocycles. The molecule has 2 aromatic heterocycles. The van der Waals surface area contributed by atoms with Gasteiger partial charge in [-0.1, -0.05) is 74.5 Å². The molecule has 0 spiro atoms. The lowest BCUT2D eigenvalue weighted by Crippen LogP contribution is -2.37. The average molecular weight is 576 g/mol. The van der Waals surface area contributed by atoms with Crippen molar-refractivity contribution in [3.8, 4) is 0 Å². The lowest BCUT2D eigenvalue weighted by atomic mass is 9.93. The van der Waals surface area contributed by atoms with E-state index in [-0.39, 0.29) is 0 Å². The van der Waals surface area contributed by atoms with Gasteiger partial charge < -0.3 is 9.64 Å². The Kier molecular flexibility index (Phi) is 12.7. The largest absolute Gasteiger partial charge is 0.372 e. The molecule has 0 saturated heterocycles. The van der Waals surface area contributed by atoms with Crippen molar-refractivity contribution in [3.63, 3.8) is 0 Å². The van der Waals surface area contributed by atoms with Crippen LogP contribution in [0.1, 0.15) is 74.3 Å². The molecular weight excluding hydrogens is 526 g/mol. The van der Waals surface area contributed by atoms with Gasteiger partial charge in [0, 0.05) is 43.0 Å². The van der Waals surface area contributed by atoms with E-state index in [1.165, 1.54) is 46.3 Å². The molecule has 0 amide bonds. The first kappa shape index (κ1) is 31.9. The molecule has 4 heteroatoms. The average Bonchev–Trinajstić information content (AvgIpc) is 3.06. The van der Waals surface area contributed by atoms with Gasteiger partial charge in [-0.05, 0) is 72.6 Å². The zero-order valence-electron chi connectivity index (χ0n) is 26.5. The van der Waals surface area contributed by atoms with Gasteiger partial charge in [0.25, 0.3) is 0 Å². The molecule has 2 heterocycles. The Hall–Kier alpha value is -4.02. The number of rotatable bonds is 16. The van der Waals surface area contributed by atoms with E-state index in [0.29, 0.717) is 19.1 Å². The summed E-state index contributed by atoms with van der Waals surface area (Å²) in [6.07, 6.45) is 19.6. The van der Waals surface area contributed by atoms with Crippen molar-refractivity contribution in [1.82, 2.24) is 0 Å². The fraction of sp³-hybridized carbons (Fsp3) is 0.333. The van der Waals surface area contributed by atoms with Gasteiger partial charge in [-0.25, -0.2) is 9.13 Å². The van der Waals surface area contributed by atoms with Crippen LogP contribution in [0.2, 0.25) is 0 Å². The highest BCUT2D eigenvalue weighted by molar-refractivity contribution is 5.70. The molecule has 0 saturated carbocycles. The van der Waals surface area contributed by atoms with E-state index in [1.807, 2.05) is 0 Å². The second-order valence-electron chi connectivity index (χ2n) is 11.0. The smallest absolute Gasteiger partial charge is 0.171 e. The first-order valence-corrected chi connectivity index (χ1v) is 16.0. The van der Waals surface area contributed by atoms with E-state index in [4.69, 9.17) is 4.74 Å². The Balaban J connectivity index is 1.15.